The second-order valence-electron chi connectivity index (χ2n) is 11.1. The van der Waals surface area contributed by atoms with Crippen molar-refractivity contribution in [1.29, 1.82) is 0 Å². The summed E-state index contributed by atoms with van der Waals surface area (Å²) in [6, 6.07) is 18.9. The maximum Gasteiger partial charge on any atom is 0.314 e. The Labute approximate surface area is 227 Å². The van der Waals surface area contributed by atoms with Gasteiger partial charge in [0.05, 0.1) is 33.9 Å². The standard InChI is InChI=1S/C33H52NO3/c1-5-7-8-9-10-11-12-14-18-29-21-23-32(24-22-29)36-25-17-26-37-33(35)31(6-2)28-34(3,4)27-30-19-15-13-16-20-30/h13,15-16,19-24,31H,5-12,14,17-18,25-28H2,1-4H3/q+1. The lowest BCUT2D eigenvalue weighted by atomic mass is 10.0. The highest BCUT2D eigenvalue weighted by Gasteiger charge is 2.27. The number of aryl methyl sites for hydroxylation is 1. The predicted octanol–water partition coefficient (Wildman–Crippen LogP) is 7.98. The monoisotopic (exact) mass is 510 g/mol. The molecule has 1 unspecified atom stereocenters. The quantitative estimate of drug-likeness (QED) is 0.103. The van der Waals surface area contributed by atoms with Crippen molar-refractivity contribution in [2.75, 3.05) is 33.9 Å². The van der Waals surface area contributed by atoms with Crippen molar-refractivity contribution in [3.8, 4) is 5.75 Å². The summed E-state index contributed by atoms with van der Waals surface area (Å²) >= 11 is 0. The molecule has 1 atom stereocenters. The van der Waals surface area contributed by atoms with E-state index in [0.717, 1.165) is 36.2 Å². The minimum atomic E-state index is -0.0907. The van der Waals surface area contributed by atoms with Crippen LogP contribution in [-0.2, 0) is 22.5 Å². The van der Waals surface area contributed by atoms with Crippen LogP contribution in [0.2, 0.25) is 0 Å². The number of benzene rings is 2. The van der Waals surface area contributed by atoms with E-state index in [-0.39, 0.29) is 11.9 Å². The molecule has 37 heavy (non-hydrogen) atoms. The van der Waals surface area contributed by atoms with E-state index in [0.29, 0.717) is 19.6 Å². The first-order valence-corrected chi connectivity index (χ1v) is 14.7. The van der Waals surface area contributed by atoms with Gasteiger partial charge in [0.1, 0.15) is 18.2 Å². The van der Waals surface area contributed by atoms with Gasteiger partial charge in [-0.3, -0.25) is 4.79 Å². The Bertz CT molecular complexity index is 848. The lowest BCUT2D eigenvalue weighted by Gasteiger charge is -2.32. The van der Waals surface area contributed by atoms with Crippen LogP contribution in [0.3, 0.4) is 0 Å². The van der Waals surface area contributed by atoms with Crippen molar-refractivity contribution < 1.29 is 18.8 Å². The van der Waals surface area contributed by atoms with Crippen LogP contribution in [0.4, 0.5) is 0 Å². The average Bonchev–Trinajstić information content (AvgIpc) is 2.89. The smallest absolute Gasteiger partial charge is 0.314 e. The molecule has 0 aliphatic rings. The fourth-order valence-electron chi connectivity index (χ4n) is 4.86. The molecular formula is C33H52NO3+. The Kier molecular flexibility index (Phi) is 15.0. The Balaban J connectivity index is 1.58. The molecule has 0 saturated heterocycles. The van der Waals surface area contributed by atoms with Gasteiger partial charge in [0.2, 0.25) is 0 Å². The lowest BCUT2D eigenvalue weighted by molar-refractivity contribution is -0.906. The van der Waals surface area contributed by atoms with Crippen LogP contribution in [-0.4, -0.2) is 44.3 Å². The fourth-order valence-corrected chi connectivity index (χ4v) is 4.86. The van der Waals surface area contributed by atoms with Gasteiger partial charge in [-0.15, -0.1) is 0 Å². The van der Waals surface area contributed by atoms with Crippen molar-refractivity contribution in [1.82, 2.24) is 0 Å². The summed E-state index contributed by atoms with van der Waals surface area (Å²) < 4.78 is 12.2. The topological polar surface area (TPSA) is 35.5 Å². The van der Waals surface area contributed by atoms with Gasteiger partial charge in [-0.25, -0.2) is 0 Å². The molecule has 2 aromatic rings. The Morgan fingerprint density at radius 3 is 2.05 bits per heavy atom. The summed E-state index contributed by atoms with van der Waals surface area (Å²) in [6.45, 7) is 6.96. The Morgan fingerprint density at radius 1 is 0.757 bits per heavy atom. The minimum Gasteiger partial charge on any atom is -0.493 e. The number of hydrogen-bond donors (Lipinski definition) is 0. The lowest BCUT2D eigenvalue weighted by Crippen LogP contribution is -2.44. The number of esters is 1. The van der Waals surface area contributed by atoms with E-state index in [1.165, 1.54) is 62.5 Å². The third-order valence-electron chi connectivity index (χ3n) is 7.04. The molecule has 0 aliphatic carbocycles. The Hall–Kier alpha value is -2.33. The molecule has 4 nitrogen and oxygen atoms in total. The molecule has 0 amide bonds. The number of hydrogen-bond acceptors (Lipinski definition) is 3. The van der Waals surface area contributed by atoms with E-state index < -0.39 is 0 Å². The first kappa shape index (κ1) is 30.9. The normalized spacial score (nSPS) is 12.3. The minimum absolute atomic E-state index is 0.0896. The first-order chi connectivity index (χ1) is 17.9. The predicted molar refractivity (Wildman–Crippen MR) is 155 cm³/mol. The SMILES string of the molecule is CCCCCCCCCCc1ccc(OCCCOC(=O)C(CC)C[N+](C)(C)Cc2ccccc2)cc1. The summed E-state index contributed by atoms with van der Waals surface area (Å²) in [4.78, 5) is 12.7. The van der Waals surface area contributed by atoms with Crippen molar-refractivity contribution in [3.05, 3.63) is 65.7 Å². The summed E-state index contributed by atoms with van der Waals surface area (Å²) in [5, 5.41) is 0. The number of carbonyl (C=O) groups is 1. The molecule has 0 spiro atoms. The van der Waals surface area contributed by atoms with E-state index in [1.54, 1.807) is 0 Å². The number of carbonyl (C=O) groups excluding carboxylic acids is 1. The van der Waals surface area contributed by atoms with Gasteiger partial charge in [0.25, 0.3) is 0 Å². The van der Waals surface area contributed by atoms with Crippen LogP contribution < -0.4 is 4.74 Å². The van der Waals surface area contributed by atoms with Gasteiger partial charge in [0, 0.05) is 12.0 Å². The highest BCUT2D eigenvalue weighted by molar-refractivity contribution is 5.72. The number of unbranched alkanes of at least 4 members (excludes halogenated alkanes) is 7. The first-order valence-electron chi connectivity index (χ1n) is 14.7. The number of ether oxygens (including phenoxy) is 2. The second-order valence-corrected chi connectivity index (χ2v) is 11.1. The van der Waals surface area contributed by atoms with Gasteiger partial charge in [0.15, 0.2) is 0 Å². The molecular weight excluding hydrogens is 458 g/mol. The van der Waals surface area contributed by atoms with Crippen LogP contribution >= 0.6 is 0 Å². The van der Waals surface area contributed by atoms with Crippen LogP contribution in [0.5, 0.6) is 5.75 Å². The number of nitrogens with zero attached hydrogens (tertiary/aromatic N) is 1. The third kappa shape index (κ3) is 13.7. The number of quaternary nitrogens is 1. The molecule has 2 aromatic carbocycles. The molecule has 0 saturated carbocycles. The Morgan fingerprint density at radius 2 is 1.41 bits per heavy atom. The summed E-state index contributed by atoms with van der Waals surface area (Å²) in [6.07, 6.45) is 13.5. The maximum atomic E-state index is 12.7. The van der Waals surface area contributed by atoms with E-state index in [4.69, 9.17) is 9.47 Å². The van der Waals surface area contributed by atoms with Crippen LogP contribution in [0.1, 0.15) is 89.2 Å². The molecule has 0 bridgehead atoms. The van der Waals surface area contributed by atoms with E-state index >= 15 is 0 Å². The maximum absolute atomic E-state index is 12.7. The van der Waals surface area contributed by atoms with E-state index in [2.05, 4.69) is 76.5 Å². The van der Waals surface area contributed by atoms with Crippen molar-refractivity contribution >= 4 is 5.97 Å². The highest BCUT2D eigenvalue weighted by atomic mass is 16.5. The zero-order chi connectivity index (χ0) is 26.8. The van der Waals surface area contributed by atoms with E-state index in [9.17, 15) is 4.79 Å². The average molecular weight is 511 g/mol. The van der Waals surface area contributed by atoms with E-state index in [1.807, 2.05) is 6.07 Å². The molecule has 2 rings (SSSR count). The van der Waals surface area contributed by atoms with Gasteiger partial charge in [-0.05, 0) is 37.0 Å². The zero-order valence-corrected chi connectivity index (χ0v) is 24.1. The fraction of sp³-hybridized carbons (Fsp3) is 0.606. The molecule has 4 heteroatoms. The van der Waals surface area contributed by atoms with Crippen molar-refractivity contribution in [2.45, 2.75) is 91.0 Å². The van der Waals surface area contributed by atoms with Gasteiger partial charge >= 0.3 is 5.97 Å². The van der Waals surface area contributed by atoms with Crippen LogP contribution in [0, 0.1) is 5.92 Å². The molecule has 0 heterocycles. The summed E-state index contributed by atoms with van der Waals surface area (Å²) in [7, 11) is 4.36. The van der Waals surface area contributed by atoms with Crippen LogP contribution in [0.15, 0.2) is 54.6 Å². The molecule has 0 N–H and O–H groups in total. The van der Waals surface area contributed by atoms with Crippen molar-refractivity contribution in [2.24, 2.45) is 5.92 Å². The highest BCUT2D eigenvalue weighted by Crippen LogP contribution is 2.17. The molecule has 0 radical (unpaired) electrons. The van der Waals surface area contributed by atoms with Crippen LogP contribution in [0.25, 0.3) is 0 Å². The molecule has 0 fully saturated rings. The largest absolute Gasteiger partial charge is 0.493 e. The number of rotatable bonds is 20. The van der Waals surface area contributed by atoms with Gasteiger partial charge in [-0.2, -0.15) is 0 Å². The van der Waals surface area contributed by atoms with Crippen molar-refractivity contribution in [3.63, 3.8) is 0 Å². The molecule has 206 valence electrons. The molecule has 0 aliphatic heterocycles. The molecule has 0 aromatic heterocycles. The van der Waals surface area contributed by atoms with Gasteiger partial charge < -0.3 is 14.0 Å². The summed E-state index contributed by atoms with van der Waals surface area (Å²) in [5.41, 5.74) is 2.67. The zero-order valence-electron chi connectivity index (χ0n) is 24.1. The van der Waals surface area contributed by atoms with Gasteiger partial charge in [-0.1, -0.05) is 101 Å². The second kappa shape index (κ2) is 18.0. The third-order valence-corrected chi connectivity index (χ3v) is 7.04. The summed E-state index contributed by atoms with van der Waals surface area (Å²) in [5.74, 6) is 0.706.